The molecule has 0 saturated heterocycles. The first-order valence-corrected chi connectivity index (χ1v) is 8.06. The van der Waals surface area contributed by atoms with Crippen molar-refractivity contribution in [3.8, 4) is 11.5 Å². The van der Waals surface area contributed by atoms with E-state index in [9.17, 15) is 9.59 Å². The lowest BCUT2D eigenvalue weighted by molar-refractivity contribution is -0.128. The molecular formula is C17H25ClN2O4. The Morgan fingerprint density at radius 2 is 1.75 bits per heavy atom. The van der Waals surface area contributed by atoms with E-state index in [1.807, 2.05) is 20.8 Å². The van der Waals surface area contributed by atoms with Crippen LogP contribution in [0, 0.1) is 5.41 Å². The Morgan fingerprint density at radius 3 is 2.29 bits per heavy atom. The summed E-state index contributed by atoms with van der Waals surface area (Å²) in [6, 6.07) is 3.19. The SMILES string of the molecule is COc1cc(OC)c(NC(=O)CCCNC(=O)C(C)(C)C)cc1Cl. The van der Waals surface area contributed by atoms with E-state index in [4.69, 9.17) is 21.1 Å². The lowest BCUT2D eigenvalue weighted by Gasteiger charge is -2.17. The number of ether oxygens (including phenoxy) is 2. The molecule has 0 radical (unpaired) electrons. The van der Waals surface area contributed by atoms with Gasteiger partial charge in [-0.2, -0.15) is 0 Å². The minimum absolute atomic E-state index is 0.0356. The summed E-state index contributed by atoms with van der Waals surface area (Å²) in [5, 5.41) is 5.94. The quantitative estimate of drug-likeness (QED) is 0.735. The standard InChI is InChI=1S/C17H25ClN2O4/c1-17(2,3)16(22)19-8-6-7-15(21)20-12-9-11(18)13(23-4)10-14(12)24-5/h9-10H,6-8H2,1-5H3,(H,19,22)(H,20,21). The summed E-state index contributed by atoms with van der Waals surface area (Å²) in [5.74, 6) is 0.716. The Bertz CT molecular complexity index is 597. The lowest BCUT2D eigenvalue weighted by Crippen LogP contribution is -2.35. The molecular weight excluding hydrogens is 332 g/mol. The molecule has 7 heteroatoms. The number of anilines is 1. The van der Waals surface area contributed by atoms with Crippen molar-refractivity contribution >= 4 is 29.1 Å². The second-order valence-electron chi connectivity index (χ2n) is 6.34. The van der Waals surface area contributed by atoms with Crippen molar-refractivity contribution in [3.63, 3.8) is 0 Å². The Hall–Kier alpha value is -1.95. The van der Waals surface area contributed by atoms with E-state index in [1.165, 1.54) is 14.2 Å². The molecule has 0 bridgehead atoms. The highest BCUT2D eigenvalue weighted by Crippen LogP contribution is 2.35. The smallest absolute Gasteiger partial charge is 0.225 e. The Kier molecular flexibility index (Phi) is 7.35. The van der Waals surface area contributed by atoms with Gasteiger partial charge in [-0.3, -0.25) is 9.59 Å². The number of hydrogen-bond acceptors (Lipinski definition) is 4. The minimum Gasteiger partial charge on any atom is -0.495 e. The topological polar surface area (TPSA) is 76.7 Å². The molecule has 0 spiro atoms. The van der Waals surface area contributed by atoms with Crippen LogP contribution in [-0.2, 0) is 9.59 Å². The molecule has 1 rings (SSSR count). The largest absolute Gasteiger partial charge is 0.495 e. The van der Waals surface area contributed by atoms with Crippen molar-refractivity contribution in [2.45, 2.75) is 33.6 Å². The average Bonchev–Trinajstić information content (AvgIpc) is 2.50. The number of benzene rings is 1. The van der Waals surface area contributed by atoms with Crippen LogP contribution in [0.25, 0.3) is 0 Å². The van der Waals surface area contributed by atoms with Crippen LogP contribution < -0.4 is 20.1 Å². The summed E-state index contributed by atoms with van der Waals surface area (Å²) >= 11 is 6.07. The van der Waals surface area contributed by atoms with E-state index in [-0.39, 0.29) is 18.2 Å². The van der Waals surface area contributed by atoms with E-state index in [2.05, 4.69) is 10.6 Å². The van der Waals surface area contributed by atoms with Gasteiger partial charge in [0.25, 0.3) is 0 Å². The molecule has 6 nitrogen and oxygen atoms in total. The second kappa shape index (κ2) is 8.78. The van der Waals surface area contributed by atoms with Gasteiger partial charge in [-0.05, 0) is 12.5 Å². The monoisotopic (exact) mass is 356 g/mol. The van der Waals surface area contributed by atoms with E-state index in [0.29, 0.717) is 35.2 Å². The molecule has 1 aromatic rings. The average molecular weight is 357 g/mol. The van der Waals surface area contributed by atoms with E-state index < -0.39 is 5.41 Å². The van der Waals surface area contributed by atoms with Crippen LogP contribution in [0.1, 0.15) is 33.6 Å². The van der Waals surface area contributed by atoms with Gasteiger partial charge in [-0.1, -0.05) is 32.4 Å². The molecule has 0 heterocycles. The van der Waals surface area contributed by atoms with Crippen LogP contribution in [0.3, 0.4) is 0 Å². The van der Waals surface area contributed by atoms with Crippen LogP contribution >= 0.6 is 11.6 Å². The third-order valence-electron chi connectivity index (χ3n) is 3.30. The molecule has 0 aliphatic carbocycles. The van der Waals surface area contributed by atoms with Crippen LogP contribution in [0.2, 0.25) is 5.02 Å². The predicted octanol–water partition coefficient (Wildman–Crippen LogP) is 3.24. The van der Waals surface area contributed by atoms with Crippen molar-refractivity contribution in [1.29, 1.82) is 0 Å². The van der Waals surface area contributed by atoms with Gasteiger partial charge in [-0.15, -0.1) is 0 Å². The zero-order valence-corrected chi connectivity index (χ0v) is 15.5. The highest BCUT2D eigenvalue weighted by molar-refractivity contribution is 6.32. The van der Waals surface area contributed by atoms with E-state index in [0.717, 1.165) is 0 Å². The van der Waals surface area contributed by atoms with E-state index in [1.54, 1.807) is 12.1 Å². The molecule has 24 heavy (non-hydrogen) atoms. The van der Waals surface area contributed by atoms with Gasteiger partial charge in [0.15, 0.2) is 0 Å². The number of amides is 2. The van der Waals surface area contributed by atoms with Crippen LogP contribution in [-0.4, -0.2) is 32.6 Å². The molecule has 2 amide bonds. The highest BCUT2D eigenvalue weighted by Gasteiger charge is 2.20. The molecule has 0 aliphatic rings. The number of hydrogen-bond donors (Lipinski definition) is 2. The van der Waals surface area contributed by atoms with Gasteiger partial charge in [0.05, 0.1) is 24.9 Å². The summed E-state index contributed by atoms with van der Waals surface area (Å²) in [6.45, 7) is 5.97. The van der Waals surface area contributed by atoms with Crippen LogP contribution in [0.4, 0.5) is 5.69 Å². The third-order valence-corrected chi connectivity index (χ3v) is 3.59. The Morgan fingerprint density at radius 1 is 1.12 bits per heavy atom. The molecule has 2 N–H and O–H groups in total. The zero-order chi connectivity index (χ0) is 18.3. The number of nitrogens with one attached hydrogen (secondary N) is 2. The number of carbonyl (C=O) groups excluding carboxylic acids is 2. The normalized spacial score (nSPS) is 10.9. The first kappa shape index (κ1) is 20.1. The van der Waals surface area contributed by atoms with Gasteiger partial charge in [0, 0.05) is 24.4 Å². The maximum Gasteiger partial charge on any atom is 0.225 e. The first-order valence-electron chi connectivity index (χ1n) is 7.68. The molecule has 134 valence electrons. The van der Waals surface area contributed by atoms with Crippen molar-refractivity contribution in [3.05, 3.63) is 17.2 Å². The van der Waals surface area contributed by atoms with Gasteiger partial charge in [-0.25, -0.2) is 0 Å². The maximum absolute atomic E-state index is 12.0. The third kappa shape index (κ3) is 5.92. The fourth-order valence-corrected chi connectivity index (χ4v) is 2.13. The molecule has 1 aromatic carbocycles. The van der Waals surface area contributed by atoms with Crippen LogP contribution in [0.15, 0.2) is 12.1 Å². The number of carbonyl (C=O) groups is 2. The van der Waals surface area contributed by atoms with E-state index >= 15 is 0 Å². The summed E-state index contributed by atoms with van der Waals surface area (Å²) in [6.07, 6.45) is 0.817. The molecule has 0 aromatic heterocycles. The van der Waals surface area contributed by atoms with Gasteiger partial charge in [0.1, 0.15) is 11.5 Å². The fourth-order valence-electron chi connectivity index (χ4n) is 1.89. The first-order chi connectivity index (χ1) is 11.2. The second-order valence-corrected chi connectivity index (χ2v) is 6.75. The Labute approximate surface area is 147 Å². The Balaban J connectivity index is 2.54. The van der Waals surface area contributed by atoms with Gasteiger partial charge < -0.3 is 20.1 Å². The van der Waals surface area contributed by atoms with Gasteiger partial charge >= 0.3 is 0 Å². The number of halogens is 1. The summed E-state index contributed by atoms with van der Waals surface area (Å²) < 4.78 is 10.3. The van der Waals surface area contributed by atoms with Crippen molar-refractivity contribution in [1.82, 2.24) is 5.32 Å². The minimum atomic E-state index is -0.435. The summed E-state index contributed by atoms with van der Waals surface area (Å²) in [5.41, 5.74) is 0.0437. The zero-order valence-electron chi connectivity index (χ0n) is 14.8. The highest BCUT2D eigenvalue weighted by atomic mass is 35.5. The van der Waals surface area contributed by atoms with Crippen LogP contribution in [0.5, 0.6) is 11.5 Å². The van der Waals surface area contributed by atoms with Crippen molar-refractivity contribution < 1.29 is 19.1 Å². The summed E-state index contributed by atoms with van der Waals surface area (Å²) in [4.78, 5) is 23.8. The van der Waals surface area contributed by atoms with Crippen molar-refractivity contribution in [2.75, 3.05) is 26.1 Å². The molecule has 0 saturated carbocycles. The predicted molar refractivity (Wildman–Crippen MR) is 94.9 cm³/mol. The maximum atomic E-state index is 12.0. The molecule has 0 aliphatic heterocycles. The molecule has 0 fully saturated rings. The molecule has 0 unspecified atom stereocenters. The van der Waals surface area contributed by atoms with Crippen molar-refractivity contribution in [2.24, 2.45) is 5.41 Å². The summed E-state index contributed by atoms with van der Waals surface area (Å²) in [7, 11) is 3.01. The fraction of sp³-hybridized carbons (Fsp3) is 0.529. The lowest BCUT2D eigenvalue weighted by atomic mass is 9.96. The number of methoxy groups -OCH3 is 2. The number of rotatable bonds is 7. The van der Waals surface area contributed by atoms with Gasteiger partial charge in [0.2, 0.25) is 11.8 Å². The molecule has 0 atom stereocenters.